The molecule has 0 radical (unpaired) electrons. The summed E-state index contributed by atoms with van der Waals surface area (Å²) in [7, 11) is 0. The zero-order valence-electron chi connectivity index (χ0n) is 7.98. The van der Waals surface area contributed by atoms with E-state index >= 15 is 0 Å². The molecule has 1 heterocycles. The quantitative estimate of drug-likeness (QED) is 0.454. The van der Waals surface area contributed by atoms with Gasteiger partial charge in [-0.15, -0.1) is 0 Å². The summed E-state index contributed by atoms with van der Waals surface area (Å²) in [5, 5.41) is 9.49. The van der Waals surface area contributed by atoms with Crippen LogP contribution < -0.4 is 11.5 Å². The minimum atomic E-state index is -0.634. The van der Waals surface area contributed by atoms with Gasteiger partial charge in [-0.25, -0.2) is 0 Å². The van der Waals surface area contributed by atoms with E-state index in [1.165, 1.54) is 12.2 Å². The number of unbranched alkanes of at least 4 members (excludes halogenated alkanes) is 1. The average molecular weight is 204 g/mol. The van der Waals surface area contributed by atoms with Gasteiger partial charge in [0.25, 0.3) is 0 Å². The van der Waals surface area contributed by atoms with Crippen LogP contribution in [0.25, 0.3) is 0 Å². The van der Waals surface area contributed by atoms with E-state index < -0.39 is 6.23 Å². The first kappa shape index (κ1) is 11.3. The smallest absolute Gasteiger partial charge is 0.102 e. The summed E-state index contributed by atoms with van der Waals surface area (Å²) in [5.74, 6) is 1.21. The first-order chi connectivity index (χ1) is 6.20. The molecule has 1 saturated heterocycles. The van der Waals surface area contributed by atoms with E-state index in [4.69, 9.17) is 16.6 Å². The molecule has 3 nitrogen and oxygen atoms in total. The van der Waals surface area contributed by atoms with E-state index in [9.17, 15) is 0 Å². The summed E-state index contributed by atoms with van der Waals surface area (Å²) in [4.78, 5) is 0. The molecule has 3 atom stereocenters. The predicted octanol–water partition coefficient (Wildman–Crippen LogP) is 0.657. The van der Waals surface area contributed by atoms with Crippen molar-refractivity contribution in [2.45, 2.75) is 49.6 Å². The van der Waals surface area contributed by atoms with Crippen molar-refractivity contribution in [3.8, 4) is 0 Å². The molecule has 1 aliphatic rings. The Labute approximate surface area is 84.3 Å². The molecule has 13 heavy (non-hydrogen) atoms. The molecule has 0 aromatic heterocycles. The highest BCUT2D eigenvalue weighted by Gasteiger charge is 2.23. The maximum Gasteiger partial charge on any atom is 0.102 e. The molecule has 0 amide bonds. The van der Waals surface area contributed by atoms with Gasteiger partial charge in [0.2, 0.25) is 0 Å². The summed E-state index contributed by atoms with van der Waals surface area (Å²) < 4.78 is 0. The summed E-state index contributed by atoms with van der Waals surface area (Å²) in [6.07, 6.45) is 4.58. The highest BCUT2D eigenvalue weighted by atomic mass is 32.2. The summed E-state index contributed by atoms with van der Waals surface area (Å²) in [6.45, 7) is 0. The van der Waals surface area contributed by atoms with Crippen molar-refractivity contribution in [3.63, 3.8) is 0 Å². The standard InChI is InChI=1S/C9H20N2OS/c10-7-5-6-13-8(7)3-1-2-4-9(11)12/h7-9,12H,1-6,10-11H2. The van der Waals surface area contributed by atoms with Crippen molar-refractivity contribution in [2.75, 3.05) is 5.75 Å². The molecule has 78 valence electrons. The normalized spacial score (nSPS) is 30.7. The van der Waals surface area contributed by atoms with Gasteiger partial charge in [0, 0.05) is 11.3 Å². The van der Waals surface area contributed by atoms with Crippen molar-refractivity contribution in [1.82, 2.24) is 0 Å². The van der Waals surface area contributed by atoms with Crippen LogP contribution >= 0.6 is 11.8 Å². The maximum atomic E-state index is 8.84. The van der Waals surface area contributed by atoms with Crippen molar-refractivity contribution in [2.24, 2.45) is 11.5 Å². The first-order valence-corrected chi connectivity index (χ1v) is 6.06. The lowest BCUT2D eigenvalue weighted by molar-refractivity contribution is 0.168. The van der Waals surface area contributed by atoms with Crippen LogP contribution in [-0.4, -0.2) is 28.4 Å². The number of thioether (sulfide) groups is 1. The van der Waals surface area contributed by atoms with Crippen LogP contribution in [0.15, 0.2) is 0 Å². The Morgan fingerprint density at radius 3 is 2.77 bits per heavy atom. The largest absolute Gasteiger partial charge is 0.379 e. The van der Waals surface area contributed by atoms with E-state index in [2.05, 4.69) is 0 Å². The Kier molecular flexibility index (Phi) is 5.09. The fourth-order valence-electron chi connectivity index (χ4n) is 1.66. The SMILES string of the molecule is NC(O)CCCCC1SCCC1N. The predicted molar refractivity (Wildman–Crippen MR) is 57.5 cm³/mol. The van der Waals surface area contributed by atoms with Gasteiger partial charge >= 0.3 is 0 Å². The molecule has 0 saturated carbocycles. The molecule has 1 aliphatic heterocycles. The zero-order chi connectivity index (χ0) is 9.68. The Hall–Kier alpha value is 0.230. The molecule has 3 unspecified atom stereocenters. The van der Waals surface area contributed by atoms with Gasteiger partial charge in [-0.05, 0) is 31.4 Å². The van der Waals surface area contributed by atoms with Crippen molar-refractivity contribution in [1.29, 1.82) is 0 Å². The third-order valence-corrected chi connectivity index (χ3v) is 3.98. The van der Waals surface area contributed by atoms with E-state index in [0.29, 0.717) is 17.7 Å². The Balaban J connectivity index is 1.99. The molecule has 0 aliphatic carbocycles. The second kappa shape index (κ2) is 5.86. The van der Waals surface area contributed by atoms with Crippen LogP contribution in [0.3, 0.4) is 0 Å². The molecule has 0 spiro atoms. The molecular weight excluding hydrogens is 184 g/mol. The van der Waals surface area contributed by atoms with Gasteiger partial charge in [-0.2, -0.15) is 11.8 Å². The monoisotopic (exact) mass is 204 g/mol. The second-order valence-electron chi connectivity index (χ2n) is 3.71. The number of hydrogen-bond acceptors (Lipinski definition) is 4. The van der Waals surface area contributed by atoms with Crippen molar-refractivity contribution in [3.05, 3.63) is 0 Å². The molecule has 4 heteroatoms. The number of nitrogens with two attached hydrogens (primary N) is 2. The highest BCUT2D eigenvalue weighted by molar-refractivity contribution is 8.00. The molecule has 1 fully saturated rings. The van der Waals surface area contributed by atoms with Crippen molar-refractivity contribution >= 4 is 11.8 Å². The molecule has 0 aromatic rings. The van der Waals surface area contributed by atoms with Gasteiger partial charge in [-0.1, -0.05) is 6.42 Å². The van der Waals surface area contributed by atoms with Gasteiger partial charge in [-0.3, -0.25) is 0 Å². The number of rotatable bonds is 5. The summed E-state index contributed by atoms with van der Waals surface area (Å²) >= 11 is 1.99. The Morgan fingerprint density at radius 2 is 2.23 bits per heavy atom. The van der Waals surface area contributed by atoms with E-state index in [0.717, 1.165) is 19.3 Å². The Bertz CT molecular complexity index is 144. The topological polar surface area (TPSA) is 72.3 Å². The van der Waals surface area contributed by atoms with Crippen LogP contribution in [0.4, 0.5) is 0 Å². The zero-order valence-corrected chi connectivity index (χ0v) is 8.80. The maximum absolute atomic E-state index is 8.84. The minimum Gasteiger partial charge on any atom is -0.379 e. The fraction of sp³-hybridized carbons (Fsp3) is 1.00. The van der Waals surface area contributed by atoms with Gasteiger partial charge in [0.15, 0.2) is 0 Å². The third-order valence-electron chi connectivity index (χ3n) is 2.50. The molecular formula is C9H20N2OS. The van der Waals surface area contributed by atoms with Crippen LogP contribution in [0.2, 0.25) is 0 Å². The van der Waals surface area contributed by atoms with Gasteiger partial charge < -0.3 is 16.6 Å². The van der Waals surface area contributed by atoms with E-state index in [1.807, 2.05) is 11.8 Å². The third kappa shape index (κ3) is 4.31. The fourth-order valence-corrected chi connectivity index (χ4v) is 3.09. The van der Waals surface area contributed by atoms with E-state index in [-0.39, 0.29) is 0 Å². The summed E-state index contributed by atoms with van der Waals surface area (Å²) in [6, 6.07) is 0.396. The lowest BCUT2D eigenvalue weighted by Gasteiger charge is -2.13. The second-order valence-corrected chi connectivity index (χ2v) is 5.06. The molecule has 5 N–H and O–H groups in total. The molecule has 1 rings (SSSR count). The lowest BCUT2D eigenvalue weighted by atomic mass is 10.1. The summed E-state index contributed by atoms with van der Waals surface area (Å²) in [5.41, 5.74) is 11.2. The number of hydrogen-bond donors (Lipinski definition) is 3. The van der Waals surface area contributed by atoms with Crippen LogP contribution in [0.1, 0.15) is 32.1 Å². The number of aliphatic hydroxyl groups excluding tert-OH is 1. The van der Waals surface area contributed by atoms with Crippen LogP contribution in [0.5, 0.6) is 0 Å². The molecule has 0 bridgehead atoms. The average Bonchev–Trinajstić information content (AvgIpc) is 2.45. The minimum absolute atomic E-state index is 0.396. The number of aliphatic hydroxyl groups is 1. The van der Waals surface area contributed by atoms with Crippen LogP contribution in [-0.2, 0) is 0 Å². The first-order valence-electron chi connectivity index (χ1n) is 5.01. The highest BCUT2D eigenvalue weighted by Crippen LogP contribution is 2.29. The lowest BCUT2D eigenvalue weighted by Crippen LogP contribution is -2.27. The Morgan fingerprint density at radius 1 is 1.46 bits per heavy atom. The van der Waals surface area contributed by atoms with Gasteiger partial charge in [0.1, 0.15) is 6.23 Å². The van der Waals surface area contributed by atoms with Crippen molar-refractivity contribution < 1.29 is 5.11 Å². The molecule has 0 aromatic carbocycles. The van der Waals surface area contributed by atoms with E-state index in [1.54, 1.807) is 0 Å². The van der Waals surface area contributed by atoms with Crippen LogP contribution in [0, 0.1) is 0 Å². The van der Waals surface area contributed by atoms with Gasteiger partial charge in [0.05, 0.1) is 0 Å².